The summed E-state index contributed by atoms with van der Waals surface area (Å²) in [4.78, 5) is 16.3. The van der Waals surface area contributed by atoms with Crippen molar-refractivity contribution in [3.63, 3.8) is 0 Å². The zero-order chi connectivity index (χ0) is 19.7. The lowest BCUT2D eigenvalue weighted by molar-refractivity contribution is 0.211. The Morgan fingerprint density at radius 3 is 2.61 bits per heavy atom. The molecule has 3 aromatic rings. The maximum absolute atomic E-state index is 4.87. The first-order valence-electron chi connectivity index (χ1n) is 9.98. The average molecular weight is 380 g/mol. The molecular formula is C21H29N7. The lowest BCUT2D eigenvalue weighted by atomic mass is 9.95. The molecule has 0 bridgehead atoms. The summed E-state index contributed by atoms with van der Waals surface area (Å²) < 4.78 is 1.83. The van der Waals surface area contributed by atoms with E-state index in [2.05, 4.69) is 47.1 Å². The molecule has 7 nitrogen and oxygen atoms in total. The molecule has 0 atom stereocenters. The van der Waals surface area contributed by atoms with Crippen molar-refractivity contribution in [2.45, 2.75) is 51.6 Å². The van der Waals surface area contributed by atoms with Crippen LogP contribution in [0.4, 0.5) is 5.82 Å². The number of hydrogen-bond donors (Lipinski definition) is 1. The maximum atomic E-state index is 4.87. The number of aryl methyl sites for hydroxylation is 1. The maximum Gasteiger partial charge on any atom is 0.163 e. The number of likely N-dealkylation sites (tertiary alicyclic amines) is 1. The van der Waals surface area contributed by atoms with E-state index in [0.29, 0.717) is 6.04 Å². The molecule has 7 heteroatoms. The second kappa shape index (κ2) is 7.47. The average Bonchev–Trinajstić information content (AvgIpc) is 3.05. The summed E-state index contributed by atoms with van der Waals surface area (Å²) in [6.07, 6.45) is 7.83. The number of hydrogen-bond acceptors (Lipinski definition) is 6. The molecule has 28 heavy (non-hydrogen) atoms. The molecule has 1 N–H and O–H groups in total. The molecule has 0 aromatic carbocycles. The van der Waals surface area contributed by atoms with Crippen LogP contribution in [0, 0.1) is 0 Å². The van der Waals surface area contributed by atoms with Crippen molar-refractivity contribution in [3.05, 3.63) is 42.1 Å². The third-order valence-corrected chi connectivity index (χ3v) is 5.32. The zero-order valence-corrected chi connectivity index (χ0v) is 17.2. The predicted molar refractivity (Wildman–Crippen MR) is 111 cm³/mol. The highest BCUT2D eigenvalue weighted by Gasteiger charge is 2.24. The molecule has 1 aliphatic rings. The van der Waals surface area contributed by atoms with E-state index in [9.17, 15) is 0 Å². The van der Waals surface area contributed by atoms with Crippen molar-refractivity contribution < 1.29 is 0 Å². The molecule has 1 fully saturated rings. The van der Waals surface area contributed by atoms with Crippen LogP contribution in [0.25, 0.3) is 11.0 Å². The Labute approximate surface area is 166 Å². The number of piperidine rings is 1. The number of pyridine rings is 1. The number of nitrogens with one attached hydrogen (secondary N) is 1. The van der Waals surface area contributed by atoms with E-state index in [-0.39, 0.29) is 5.41 Å². The third kappa shape index (κ3) is 3.99. The monoisotopic (exact) mass is 379 g/mol. The van der Waals surface area contributed by atoms with Crippen LogP contribution >= 0.6 is 0 Å². The molecule has 1 saturated heterocycles. The van der Waals surface area contributed by atoms with Crippen molar-refractivity contribution in [3.8, 4) is 0 Å². The zero-order valence-electron chi connectivity index (χ0n) is 17.2. The van der Waals surface area contributed by atoms with Gasteiger partial charge in [0.25, 0.3) is 0 Å². The van der Waals surface area contributed by atoms with Gasteiger partial charge in [-0.05, 0) is 24.5 Å². The fourth-order valence-corrected chi connectivity index (χ4v) is 3.65. The van der Waals surface area contributed by atoms with Crippen molar-refractivity contribution in [1.82, 2.24) is 29.6 Å². The van der Waals surface area contributed by atoms with Crippen LogP contribution in [-0.2, 0) is 19.0 Å². The van der Waals surface area contributed by atoms with Crippen LogP contribution in [0.3, 0.4) is 0 Å². The standard InChI is InChI=1S/C21H29N7/c1-21(2,3)20-25-18(17-13-23-27(4)19(17)26-20)24-16-7-10-28(11-8-16)14-15-6-5-9-22-12-15/h5-6,9,12-13,16H,7-8,10-11,14H2,1-4H3,(H,24,25,26). The highest BCUT2D eigenvalue weighted by Crippen LogP contribution is 2.27. The molecule has 0 aliphatic carbocycles. The van der Waals surface area contributed by atoms with Gasteiger partial charge in [0.05, 0.1) is 11.6 Å². The lowest BCUT2D eigenvalue weighted by Gasteiger charge is -2.32. The van der Waals surface area contributed by atoms with E-state index in [1.54, 1.807) is 0 Å². The number of nitrogens with zero attached hydrogens (tertiary/aromatic N) is 6. The number of rotatable bonds is 4. The summed E-state index contributed by atoms with van der Waals surface area (Å²) in [5, 5.41) is 9.08. The molecule has 1 aliphatic heterocycles. The van der Waals surface area contributed by atoms with Crippen LogP contribution in [0.1, 0.15) is 45.0 Å². The van der Waals surface area contributed by atoms with Gasteiger partial charge in [0.2, 0.25) is 0 Å². The first-order valence-corrected chi connectivity index (χ1v) is 9.98. The molecule has 3 aromatic heterocycles. The Bertz CT molecular complexity index is 935. The highest BCUT2D eigenvalue weighted by atomic mass is 15.3. The number of fused-ring (bicyclic) bond motifs is 1. The van der Waals surface area contributed by atoms with Gasteiger partial charge in [-0.25, -0.2) is 9.97 Å². The van der Waals surface area contributed by atoms with Gasteiger partial charge in [0.15, 0.2) is 5.65 Å². The van der Waals surface area contributed by atoms with Gasteiger partial charge in [-0.2, -0.15) is 5.10 Å². The summed E-state index contributed by atoms with van der Waals surface area (Å²) in [6, 6.07) is 4.56. The van der Waals surface area contributed by atoms with Gasteiger partial charge in [0.1, 0.15) is 11.6 Å². The van der Waals surface area contributed by atoms with E-state index < -0.39 is 0 Å². The first-order chi connectivity index (χ1) is 13.4. The topological polar surface area (TPSA) is 71.8 Å². The van der Waals surface area contributed by atoms with E-state index >= 15 is 0 Å². The third-order valence-electron chi connectivity index (χ3n) is 5.32. The van der Waals surface area contributed by atoms with E-state index in [4.69, 9.17) is 9.97 Å². The van der Waals surface area contributed by atoms with Gasteiger partial charge < -0.3 is 5.32 Å². The van der Waals surface area contributed by atoms with Crippen LogP contribution in [0.5, 0.6) is 0 Å². The summed E-state index contributed by atoms with van der Waals surface area (Å²) in [7, 11) is 1.93. The summed E-state index contributed by atoms with van der Waals surface area (Å²) in [6.45, 7) is 9.54. The summed E-state index contributed by atoms with van der Waals surface area (Å²) in [5.41, 5.74) is 2.05. The minimum absolute atomic E-state index is 0.109. The summed E-state index contributed by atoms with van der Waals surface area (Å²) in [5.74, 6) is 1.76. The van der Waals surface area contributed by atoms with Crippen LogP contribution in [-0.4, -0.2) is 48.8 Å². The Hall–Kier alpha value is -2.54. The first kappa shape index (κ1) is 18.8. The molecule has 0 spiro atoms. The smallest absolute Gasteiger partial charge is 0.163 e. The fourth-order valence-electron chi connectivity index (χ4n) is 3.65. The highest BCUT2D eigenvalue weighted by molar-refractivity contribution is 5.86. The van der Waals surface area contributed by atoms with Crippen molar-refractivity contribution >= 4 is 16.9 Å². The van der Waals surface area contributed by atoms with Crippen LogP contribution in [0.2, 0.25) is 0 Å². The summed E-state index contributed by atoms with van der Waals surface area (Å²) >= 11 is 0. The Morgan fingerprint density at radius 1 is 1.14 bits per heavy atom. The van der Waals surface area contributed by atoms with E-state index in [1.165, 1.54) is 5.56 Å². The van der Waals surface area contributed by atoms with Gasteiger partial charge in [-0.15, -0.1) is 0 Å². The van der Waals surface area contributed by atoms with Crippen LogP contribution < -0.4 is 5.32 Å². The largest absolute Gasteiger partial charge is 0.367 e. The molecular weight excluding hydrogens is 350 g/mol. The van der Waals surface area contributed by atoms with E-state index in [1.807, 2.05) is 36.4 Å². The number of anilines is 1. The quantitative estimate of drug-likeness (QED) is 0.751. The Morgan fingerprint density at radius 2 is 1.93 bits per heavy atom. The van der Waals surface area contributed by atoms with Crippen LogP contribution in [0.15, 0.2) is 30.7 Å². The second-order valence-electron chi connectivity index (χ2n) is 8.71. The molecule has 4 heterocycles. The SMILES string of the molecule is Cn1ncc2c(NC3CCN(Cc4cccnc4)CC3)nc(C(C)(C)C)nc21. The lowest BCUT2D eigenvalue weighted by Crippen LogP contribution is -2.39. The molecule has 4 rings (SSSR count). The van der Waals surface area contributed by atoms with Crippen molar-refractivity contribution in [1.29, 1.82) is 0 Å². The van der Waals surface area contributed by atoms with Gasteiger partial charge in [-0.3, -0.25) is 14.6 Å². The fraction of sp³-hybridized carbons (Fsp3) is 0.524. The van der Waals surface area contributed by atoms with Gasteiger partial charge in [0, 0.05) is 50.5 Å². The minimum atomic E-state index is -0.109. The normalized spacial score (nSPS) is 16.6. The molecule has 0 radical (unpaired) electrons. The van der Waals surface area contributed by atoms with Crippen molar-refractivity contribution in [2.75, 3.05) is 18.4 Å². The van der Waals surface area contributed by atoms with Gasteiger partial charge >= 0.3 is 0 Å². The Kier molecular flexibility index (Phi) is 5.02. The van der Waals surface area contributed by atoms with Gasteiger partial charge in [-0.1, -0.05) is 26.8 Å². The molecule has 148 valence electrons. The minimum Gasteiger partial charge on any atom is -0.367 e. The predicted octanol–water partition coefficient (Wildman–Crippen LogP) is 3.13. The molecule has 0 amide bonds. The van der Waals surface area contributed by atoms with E-state index in [0.717, 1.165) is 55.2 Å². The second-order valence-corrected chi connectivity index (χ2v) is 8.71. The molecule has 0 unspecified atom stereocenters. The Balaban J connectivity index is 1.47. The number of aromatic nitrogens is 5. The molecule has 0 saturated carbocycles. The van der Waals surface area contributed by atoms with Crippen molar-refractivity contribution in [2.24, 2.45) is 7.05 Å².